The first-order chi connectivity index (χ1) is 7.40. The van der Waals surface area contributed by atoms with Crippen molar-refractivity contribution in [2.24, 2.45) is 4.99 Å². The molecule has 4 heteroatoms. The Labute approximate surface area is 93.4 Å². The van der Waals surface area contributed by atoms with Gasteiger partial charge in [0.05, 0.1) is 0 Å². The van der Waals surface area contributed by atoms with E-state index in [1.165, 1.54) is 5.56 Å². The molecule has 1 aromatic carbocycles. The molecule has 2 rings (SSSR count). The summed E-state index contributed by atoms with van der Waals surface area (Å²) in [5.41, 5.74) is 1.26. The van der Waals surface area contributed by atoms with Gasteiger partial charge in [-0.3, -0.25) is 0 Å². The molecule has 1 saturated heterocycles. The minimum atomic E-state index is 0.842. The van der Waals surface area contributed by atoms with Crippen LogP contribution >= 0.6 is 11.8 Å². The number of thioether (sulfide) groups is 1. The van der Waals surface area contributed by atoms with E-state index >= 15 is 0 Å². The molecule has 1 aliphatic heterocycles. The maximum Gasteiger partial charge on any atom is 0.208 e. The summed E-state index contributed by atoms with van der Waals surface area (Å²) in [6.07, 6.45) is 1.85. The van der Waals surface area contributed by atoms with E-state index in [0.717, 1.165) is 24.0 Å². The molecule has 1 aromatic rings. The number of nitrogens with zero attached hydrogens (tertiary/aromatic N) is 3. The van der Waals surface area contributed by atoms with Crippen LogP contribution in [0.15, 0.2) is 35.3 Å². The Bertz CT molecular complexity index is 394. The summed E-state index contributed by atoms with van der Waals surface area (Å²) in [5.74, 6) is 1.02. The van der Waals surface area contributed by atoms with E-state index in [1.807, 2.05) is 24.4 Å². The number of amidine groups is 1. The monoisotopic (exact) mass is 217 g/mol. The Morgan fingerprint density at radius 2 is 2.20 bits per heavy atom. The first-order valence-electron chi connectivity index (χ1n) is 4.78. The highest BCUT2D eigenvalue weighted by atomic mass is 32.2. The number of benzene rings is 1. The standard InChI is InChI=1S/C11H11N3S/c12-9-13-11-14(6-7-15-11)8-10-4-2-1-3-5-10/h1-5H,6-8H2/b13-11-. The van der Waals surface area contributed by atoms with E-state index in [9.17, 15) is 0 Å². The largest absolute Gasteiger partial charge is 0.345 e. The van der Waals surface area contributed by atoms with Crippen LogP contribution in [0.25, 0.3) is 0 Å². The fourth-order valence-electron chi connectivity index (χ4n) is 1.53. The highest BCUT2D eigenvalue weighted by molar-refractivity contribution is 8.14. The number of hydrogen-bond donors (Lipinski definition) is 0. The van der Waals surface area contributed by atoms with Crippen LogP contribution in [-0.2, 0) is 6.54 Å². The predicted octanol–water partition coefficient (Wildman–Crippen LogP) is 2.07. The molecule has 0 unspecified atom stereocenters. The fraction of sp³-hybridized carbons (Fsp3) is 0.273. The average molecular weight is 217 g/mol. The molecule has 0 amide bonds. The van der Waals surface area contributed by atoms with Crippen LogP contribution in [0.3, 0.4) is 0 Å². The van der Waals surface area contributed by atoms with Crippen molar-refractivity contribution in [3.8, 4) is 6.19 Å². The second-order valence-corrected chi connectivity index (χ2v) is 4.31. The van der Waals surface area contributed by atoms with Crippen molar-refractivity contribution in [3.05, 3.63) is 35.9 Å². The lowest BCUT2D eigenvalue weighted by molar-refractivity contribution is 0.457. The van der Waals surface area contributed by atoms with Crippen molar-refractivity contribution < 1.29 is 0 Å². The first kappa shape index (κ1) is 10.1. The van der Waals surface area contributed by atoms with Gasteiger partial charge in [-0.2, -0.15) is 5.26 Å². The van der Waals surface area contributed by atoms with Crippen molar-refractivity contribution in [2.45, 2.75) is 6.54 Å². The number of aliphatic imine (C=N–C) groups is 1. The molecule has 3 nitrogen and oxygen atoms in total. The lowest BCUT2D eigenvalue weighted by Gasteiger charge is -2.16. The van der Waals surface area contributed by atoms with Crippen LogP contribution in [0.2, 0.25) is 0 Å². The molecule has 0 aliphatic carbocycles. The van der Waals surface area contributed by atoms with E-state index in [-0.39, 0.29) is 0 Å². The van der Waals surface area contributed by atoms with Crippen LogP contribution in [0.1, 0.15) is 5.56 Å². The van der Waals surface area contributed by atoms with Gasteiger partial charge in [-0.05, 0) is 5.56 Å². The van der Waals surface area contributed by atoms with E-state index in [4.69, 9.17) is 5.26 Å². The minimum absolute atomic E-state index is 0.842. The van der Waals surface area contributed by atoms with Crippen LogP contribution in [0.5, 0.6) is 0 Å². The summed E-state index contributed by atoms with van der Waals surface area (Å²) in [6, 6.07) is 10.2. The van der Waals surface area contributed by atoms with Gasteiger partial charge in [-0.25, -0.2) is 0 Å². The van der Waals surface area contributed by atoms with Gasteiger partial charge < -0.3 is 4.90 Å². The van der Waals surface area contributed by atoms with Crippen LogP contribution in [0, 0.1) is 11.5 Å². The number of nitriles is 1. The highest BCUT2D eigenvalue weighted by Gasteiger charge is 2.19. The molecule has 0 N–H and O–H groups in total. The van der Waals surface area contributed by atoms with Gasteiger partial charge in [-0.1, -0.05) is 42.1 Å². The molecule has 76 valence electrons. The van der Waals surface area contributed by atoms with Gasteiger partial charge in [0, 0.05) is 18.8 Å². The Morgan fingerprint density at radius 1 is 1.40 bits per heavy atom. The van der Waals surface area contributed by atoms with Crippen molar-refractivity contribution in [2.75, 3.05) is 12.3 Å². The van der Waals surface area contributed by atoms with Crippen molar-refractivity contribution in [1.29, 1.82) is 5.26 Å². The third-order valence-electron chi connectivity index (χ3n) is 2.22. The molecule has 0 radical (unpaired) electrons. The Morgan fingerprint density at radius 3 is 2.93 bits per heavy atom. The van der Waals surface area contributed by atoms with E-state index < -0.39 is 0 Å². The fourth-order valence-corrected chi connectivity index (χ4v) is 2.47. The van der Waals surface area contributed by atoms with Crippen LogP contribution < -0.4 is 0 Å². The lowest BCUT2D eigenvalue weighted by Crippen LogP contribution is -2.23. The normalized spacial score (nSPS) is 18.1. The summed E-state index contributed by atoms with van der Waals surface area (Å²) >= 11 is 1.65. The number of rotatable bonds is 2. The second kappa shape index (κ2) is 4.85. The molecule has 15 heavy (non-hydrogen) atoms. The topological polar surface area (TPSA) is 39.4 Å². The number of hydrogen-bond acceptors (Lipinski definition) is 3. The van der Waals surface area contributed by atoms with E-state index in [2.05, 4.69) is 22.0 Å². The second-order valence-electron chi connectivity index (χ2n) is 3.25. The quantitative estimate of drug-likeness (QED) is 0.712. The summed E-state index contributed by atoms with van der Waals surface area (Å²) in [5, 5.41) is 9.38. The SMILES string of the molecule is N#C/N=C1\SCCN1Cc1ccccc1. The zero-order valence-corrected chi connectivity index (χ0v) is 9.07. The van der Waals surface area contributed by atoms with Crippen LogP contribution in [-0.4, -0.2) is 22.4 Å². The molecular weight excluding hydrogens is 206 g/mol. The molecule has 0 aromatic heterocycles. The minimum Gasteiger partial charge on any atom is -0.345 e. The van der Waals surface area contributed by atoms with Gasteiger partial charge in [0.15, 0.2) is 5.17 Å². The molecule has 0 atom stereocenters. The molecule has 1 heterocycles. The van der Waals surface area contributed by atoms with Crippen molar-refractivity contribution >= 4 is 16.9 Å². The first-order valence-corrected chi connectivity index (χ1v) is 5.77. The molecule has 1 aliphatic rings. The Hall–Kier alpha value is -1.47. The lowest BCUT2D eigenvalue weighted by atomic mass is 10.2. The molecule has 0 spiro atoms. The maximum atomic E-state index is 8.53. The smallest absolute Gasteiger partial charge is 0.208 e. The van der Waals surface area contributed by atoms with Gasteiger partial charge >= 0.3 is 0 Å². The van der Waals surface area contributed by atoms with Gasteiger partial charge in [0.1, 0.15) is 0 Å². The van der Waals surface area contributed by atoms with Gasteiger partial charge in [-0.15, -0.1) is 4.99 Å². The van der Waals surface area contributed by atoms with Gasteiger partial charge in [0.2, 0.25) is 6.19 Å². The van der Waals surface area contributed by atoms with E-state index in [1.54, 1.807) is 11.8 Å². The predicted molar refractivity (Wildman–Crippen MR) is 62.4 cm³/mol. The summed E-state index contributed by atoms with van der Waals surface area (Å²) in [4.78, 5) is 5.95. The summed E-state index contributed by atoms with van der Waals surface area (Å²) < 4.78 is 0. The Kier molecular flexibility index (Phi) is 3.25. The van der Waals surface area contributed by atoms with Crippen LogP contribution in [0.4, 0.5) is 0 Å². The maximum absolute atomic E-state index is 8.53. The molecule has 0 bridgehead atoms. The third kappa shape index (κ3) is 2.51. The van der Waals surface area contributed by atoms with Gasteiger partial charge in [0.25, 0.3) is 0 Å². The molecule has 1 fully saturated rings. The van der Waals surface area contributed by atoms with E-state index in [0.29, 0.717) is 0 Å². The van der Waals surface area contributed by atoms with Crippen molar-refractivity contribution in [1.82, 2.24) is 4.90 Å². The van der Waals surface area contributed by atoms with Crippen molar-refractivity contribution in [3.63, 3.8) is 0 Å². The Balaban J connectivity index is 2.07. The average Bonchev–Trinajstić information content (AvgIpc) is 2.68. The molecular formula is C11H11N3S. The zero-order chi connectivity index (χ0) is 10.5. The molecule has 0 saturated carbocycles. The zero-order valence-electron chi connectivity index (χ0n) is 8.26. The third-order valence-corrected chi connectivity index (χ3v) is 3.22. The summed E-state index contributed by atoms with van der Waals surface area (Å²) in [6.45, 7) is 1.81. The summed E-state index contributed by atoms with van der Waals surface area (Å²) in [7, 11) is 0. The highest BCUT2D eigenvalue weighted by Crippen LogP contribution is 2.20.